The van der Waals surface area contributed by atoms with Gasteiger partial charge in [0.15, 0.2) is 16.9 Å². The van der Waals surface area contributed by atoms with Crippen molar-refractivity contribution in [3.8, 4) is 6.07 Å². The lowest BCUT2D eigenvalue weighted by Gasteiger charge is -2.12. The lowest BCUT2D eigenvalue weighted by Crippen LogP contribution is -2.26. The smallest absolute Gasteiger partial charge is 0.249 e. The molecule has 0 saturated heterocycles. The topological polar surface area (TPSA) is 70.0 Å². The van der Waals surface area contributed by atoms with Crippen molar-refractivity contribution in [1.29, 1.82) is 5.26 Å². The van der Waals surface area contributed by atoms with Crippen molar-refractivity contribution < 1.29 is 21.6 Å². The summed E-state index contributed by atoms with van der Waals surface area (Å²) in [4.78, 5) is 0. The first-order chi connectivity index (χ1) is 8.31. The van der Waals surface area contributed by atoms with E-state index in [4.69, 9.17) is 5.26 Å². The number of halogens is 3. The Hall–Kier alpha value is -1.75. The van der Waals surface area contributed by atoms with E-state index in [0.29, 0.717) is 6.07 Å². The van der Waals surface area contributed by atoms with Crippen LogP contribution in [0.15, 0.2) is 12.1 Å². The minimum atomic E-state index is -4.22. The molecule has 8 heteroatoms. The fraction of sp³-hybridized carbons (Fsp3) is 0.300. The summed E-state index contributed by atoms with van der Waals surface area (Å²) in [7, 11) is -4.22. The summed E-state index contributed by atoms with van der Waals surface area (Å²) < 4.78 is 63.8. The van der Waals surface area contributed by atoms with E-state index < -0.39 is 38.4 Å². The summed E-state index contributed by atoms with van der Waals surface area (Å²) in [6.45, 7) is 1.44. The Morgan fingerprint density at radius 3 is 2.50 bits per heavy atom. The second-order valence-electron chi connectivity index (χ2n) is 3.42. The van der Waals surface area contributed by atoms with Gasteiger partial charge in [0, 0.05) is 12.1 Å². The molecule has 4 nitrogen and oxygen atoms in total. The van der Waals surface area contributed by atoms with Crippen LogP contribution in [0.4, 0.5) is 18.9 Å². The molecular weight excluding hydrogens is 269 g/mol. The van der Waals surface area contributed by atoms with Crippen LogP contribution in [-0.4, -0.2) is 13.7 Å². The third-order valence-electron chi connectivity index (χ3n) is 2.13. The van der Waals surface area contributed by atoms with E-state index >= 15 is 0 Å². The minimum Gasteiger partial charge on any atom is -0.279 e. The third-order valence-corrected chi connectivity index (χ3v) is 3.83. The van der Waals surface area contributed by atoms with E-state index in [-0.39, 0.29) is 12.5 Å². The molecule has 98 valence electrons. The highest BCUT2D eigenvalue weighted by Gasteiger charge is 2.25. The average Bonchev–Trinajstić information content (AvgIpc) is 2.26. The van der Waals surface area contributed by atoms with E-state index in [0.717, 1.165) is 0 Å². The molecule has 0 radical (unpaired) electrons. The number of hydrogen-bond acceptors (Lipinski definition) is 3. The van der Waals surface area contributed by atoms with Crippen molar-refractivity contribution in [2.75, 3.05) is 4.72 Å². The first-order valence-corrected chi connectivity index (χ1v) is 6.42. The predicted octanol–water partition coefficient (Wildman–Crippen LogP) is 2.15. The van der Waals surface area contributed by atoms with Crippen LogP contribution in [0.5, 0.6) is 0 Å². The molecule has 0 fully saturated rings. The lowest BCUT2D eigenvalue weighted by molar-refractivity contribution is 0.498. The van der Waals surface area contributed by atoms with E-state index in [1.807, 2.05) is 0 Å². The maximum Gasteiger partial charge on any atom is 0.249 e. The van der Waals surface area contributed by atoms with Crippen LogP contribution in [0, 0.1) is 28.8 Å². The van der Waals surface area contributed by atoms with Crippen LogP contribution >= 0.6 is 0 Å². The Labute approximate surface area is 102 Å². The van der Waals surface area contributed by atoms with Crippen LogP contribution in [0.25, 0.3) is 0 Å². The summed E-state index contributed by atoms with van der Waals surface area (Å²) >= 11 is 0. The molecule has 1 unspecified atom stereocenters. The highest BCUT2D eigenvalue weighted by atomic mass is 32.2. The van der Waals surface area contributed by atoms with Crippen molar-refractivity contribution >= 4 is 15.7 Å². The molecule has 0 bridgehead atoms. The van der Waals surface area contributed by atoms with Gasteiger partial charge in [-0.25, -0.2) is 21.6 Å². The van der Waals surface area contributed by atoms with Gasteiger partial charge >= 0.3 is 0 Å². The molecule has 0 amide bonds. The van der Waals surface area contributed by atoms with E-state index in [1.165, 1.54) is 13.0 Å². The second-order valence-corrected chi connectivity index (χ2v) is 5.29. The van der Waals surface area contributed by atoms with Gasteiger partial charge in [-0.05, 0) is 6.42 Å². The number of sulfonamides is 1. The molecule has 1 N–H and O–H groups in total. The number of nitrogens with one attached hydrogen (secondary N) is 1. The number of anilines is 1. The Balaban J connectivity index is 3.17. The van der Waals surface area contributed by atoms with Crippen LogP contribution in [0.1, 0.15) is 13.3 Å². The van der Waals surface area contributed by atoms with Gasteiger partial charge in [0.2, 0.25) is 10.0 Å². The molecule has 0 aliphatic heterocycles. The number of nitriles is 1. The van der Waals surface area contributed by atoms with Gasteiger partial charge in [-0.1, -0.05) is 6.92 Å². The van der Waals surface area contributed by atoms with Crippen LogP contribution in [0.2, 0.25) is 0 Å². The van der Waals surface area contributed by atoms with Gasteiger partial charge < -0.3 is 0 Å². The molecule has 1 atom stereocenters. The predicted molar refractivity (Wildman–Crippen MR) is 58.6 cm³/mol. The highest BCUT2D eigenvalue weighted by Crippen LogP contribution is 2.21. The Kier molecular flexibility index (Phi) is 4.19. The van der Waals surface area contributed by atoms with Gasteiger partial charge in [0.05, 0.1) is 11.8 Å². The molecule has 0 aliphatic carbocycles. The van der Waals surface area contributed by atoms with Gasteiger partial charge in [-0.2, -0.15) is 5.26 Å². The Morgan fingerprint density at radius 1 is 1.39 bits per heavy atom. The van der Waals surface area contributed by atoms with Crippen molar-refractivity contribution in [3.63, 3.8) is 0 Å². The standard InChI is InChI=1S/C10H9F3N2O2S/c1-2-7(5-14)18(16,17)15-9-4-6(11)3-8(12)10(9)13/h3-4,7,15H,2H2,1H3. The van der Waals surface area contributed by atoms with Crippen molar-refractivity contribution in [2.24, 2.45) is 0 Å². The zero-order valence-electron chi connectivity index (χ0n) is 9.25. The first-order valence-electron chi connectivity index (χ1n) is 4.87. The van der Waals surface area contributed by atoms with Gasteiger partial charge in [-0.3, -0.25) is 4.72 Å². The average molecular weight is 278 g/mol. The number of rotatable bonds is 4. The second kappa shape index (κ2) is 5.27. The zero-order valence-corrected chi connectivity index (χ0v) is 10.1. The van der Waals surface area contributed by atoms with Gasteiger partial charge in [0.25, 0.3) is 0 Å². The fourth-order valence-corrected chi connectivity index (χ4v) is 2.41. The quantitative estimate of drug-likeness (QED) is 0.858. The maximum absolute atomic E-state index is 13.2. The summed E-state index contributed by atoms with van der Waals surface area (Å²) in [6.07, 6.45) is -0.0365. The monoisotopic (exact) mass is 278 g/mol. The van der Waals surface area contributed by atoms with Gasteiger partial charge in [-0.15, -0.1) is 0 Å². The Morgan fingerprint density at radius 2 is 2.00 bits per heavy atom. The molecule has 0 heterocycles. The van der Waals surface area contributed by atoms with Crippen molar-refractivity contribution in [3.05, 3.63) is 29.6 Å². The molecule has 0 aromatic heterocycles. The molecule has 1 aromatic carbocycles. The Bertz CT molecular complexity index is 596. The minimum absolute atomic E-state index is 0.0365. The van der Waals surface area contributed by atoms with Crippen molar-refractivity contribution in [2.45, 2.75) is 18.6 Å². The molecule has 0 spiro atoms. The number of nitrogens with zero attached hydrogens (tertiary/aromatic N) is 1. The van der Waals surface area contributed by atoms with E-state index in [1.54, 1.807) is 4.72 Å². The van der Waals surface area contributed by atoms with Crippen LogP contribution in [0.3, 0.4) is 0 Å². The normalized spacial score (nSPS) is 12.8. The third kappa shape index (κ3) is 2.92. The zero-order chi connectivity index (χ0) is 13.9. The molecule has 0 aliphatic rings. The largest absolute Gasteiger partial charge is 0.279 e. The highest BCUT2D eigenvalue weighted by molar-refractivity contribution is 7.93. The number of benzene rings is 1. The summed E-state index contributed by atoms with van der Waals surface area (Å²) in [6, 6.07) is 2.29. The summed E-state index contributed by atoms with van der Waals surface area (Å²) in [5, 5.41) is 7.18. The van der Waals surface area contributed by atoms with Gasteiger partial charge in [0.1, 0.15) is 5.82 Å². The molecule has 1 aromatic rings. The van der Waals surface area contributed by atoms with Crippen LogP contribution in [-0.2, 0) is 10.0 Å². The lowest BCUT2D eigenvalue weighted by atomic mass is 10.3. The van der Waals surface area contributed by atoms with Crippen molar-refractivity contribution in [1.82, 2.24) is 0 Å². The SMILES string of the molecule is CCC(C#N)S(=O)(=O)Nc1cc(F)cc(F)c1F. The molecule has 0 saturated carbocycles. The van der Waals surface area contributed by atoms with Crippen LogP contribution < -0.4 is 4.72 Å². The number of hydrogen-bond donors (Lipinski definition) is 1. The molecular formula is C10H9F3N2O2S. The van der Waals surface area contributed by atoms with E-state index in [9.17, 15) is 21.6 Å². The molecule has 1 rings (SSSR count). The first kappa shape index (κ1) is 14.3. The molecule has 18 heavy (non-hydrogen) atoms. The van der Waals surface area contributed by atoms with E-state index in [2.05, 4.69) is 0 Å². The summed E-state index contributed by atoms with van der Waals surface area (Å²) in [5.74, 6) is -4.16. The summed E-state index contributed by atoms with van der Waals surface area (Å²) in [5.41, 5.74) is -0.860. The maximum atomic E-state index is 13.2. The fourth-order valence-electron chi connectivity index (χ4n) is 1.23.